The molecule has 2 aromatic heterocycles. The highest BCUT2D eigenvalue weighted by Gasteiger charge is 2.21. The lowest BCUT2D eigenvalue weighted by Gasteiger charge is -1.97. The topological polar surface area (TPSA) is 109 Å². The summed E-state index contributed by atoms with van der Waals surface area (Å²) in [6.45, 7) is 1.52. The third kappa shape index (κ3) is 1.71. The van der Waals surface area contributed by atoms with Gasteiger partial charge in [0.25, 0.3) is 0 Å². The van der Waals surface area contributed by atoms with Gasteiger partial charge in [-0.25, -0.2) is 9.59 Å². The average Bonchev–Trinajstić information content (AvgIpc) is 2.89. The number of aromatic amines is 1. The van der Waals surface area contributed by atoms with E-state index < -0.39 is 11.7 Å². The zero-order valence-electron chi connectivity index (χ0n) is 9.76. The second-order valence-corrected chi connectivity index (χ2v) is 3.99. The summed E-state index contributed by atoms with van der Waals surface area (Å²) in [7, 11) is 0. The summed E-state index contributed by atoms with van der Waals surface area (Å²) in [4.78, 5) is 24.7. The number of hydrogen-bond donors (Lipinski definition) is 2. The zero-order valence-corrected chi connectivity index (χ0v) is 9.76. The molecule has 0 fully saturated rings. The van der Waals surface area contributed by atoms with E-state index in [2.05, 4.69) is 10.1 Å². The second-order valence-electron chi connectivity index (χ2n) is 3.99. The van der Waals surface area contributed by atoms with Crippen molar-refractivity contribution in [3.05, 3.63) is 40.1 Å². The smallest absolute Gasteiger partial charge is 0.417 e. The standard InChI is InChI=1S/C12H8N2O5/c1-5-9(11(15)16)10(14-19-5)6-2-3-7-8(4-6)18-12(17)13-7/h2-4H,1H3,(H,13,17)(H,15,16). The van der Waals surface area contributed by atoms with E-state index in [1.807, 2.05) is 0 Å². The Morgan fingerprint density at radius 3 is 2.95 bits per heavy atom. The molecule has 0 aliphatic rings. The Labute approximate surface area is 105 Å². The third-order valence-electron chi connectivity index (χ3n) is 2.77. The number of hydrogen-bond acceptors (Lipinski definition) is 5. The SMILES string of the molecule is Cc1onc(-c2ccc3[nH]c(=O)oc3c2)c1C(=O)O. The van der Waals surface area contributed by atoms with Gasteiger partial charge in [-0.3, -0.25) is 4.98 Å². The molecule has 0 unspecified atom stereocenters. The molecular weight excluding hydrogens is 252 g/mol. The largest absolute Gasteiger partial charge is 0.477 e. The van der Waals surface area contributed by atoms with Crippen molar-refractivity contribution in [3.63, 3.8) is 0 Å². The summed E-state index contributed by atoms with van der Waals surface area (Å²) < 4.78 is 9.82. The van der Waals surface area contributed by atoms with Gasteiger partial charge in [-0.15, -0.1) is 0 Å². The number of nitrogens with one attached hydrogen (secondary N) is 1. The molecule has 7 heteroatoms. The monoisotopic (exact) mass is 260 g/mol. The number of nitrogens with zero attached hydrogens (tertiary/aromatic N) is 1. The molecule has 19 heavy (non-hydrogen) atoms. The number of aryl methyl sites for hydroxylation is 1. The zero-order chi connectivity index (χ0) is 13.6. The van der Waals surface area contributed by atoms with E-state index in [-0.39, 0.29) is 17.0 Å². The molecule has 3 aromatic rings. The number of aromatic carboxylic acids is 1. The van der Waals surface area contributed by atoms with Crippen molar-refractivity contribution in [1.29, 1.82) is 0 Å². The fourth-order valence-electron chi connectivity index (χ4n) is 1.91. The fraction of sp³-hybridized carbons (Fsp3) is 0.0833. The highest BCUT2D eigenvalue weighted by Crippen LogP contribution is 2.27. The summed E-state index contributed by atoms with van der Waals surface area (Å²) in [5.74, 6) is -1.47. The number of H-pyrrole nitrogens is 1. The highest BCUT2D eigenvalue weighted by molar-refractivity contribution is 5.96. The van der Waals surface area contributed by atoms with E-state index in [9.17, 15) is 9.59 Å². The van der Waals surface area contributed by atoms with Gasteiger partial charge in [-0.2, -0.15) is 0 Å². The van der Waals surface area contributed by atoms with Crippen molar-refractivity contribution in [2.24, 2.45) is 0 Å². The van der Waals surface area contributed by atoms with Crippen LogP contribution in [0.4, 0.5) is 0 Å². The molecule has 0 aliphatic heterocycles. The summed E-state index contributed by atoms with van der Waals surface area (Å²) in [5, 5.41) is 12.9. The predicted molar refractivity (Wildman–Crippen MR) is 64.0 cm³/mol. The van der Waals surface area contributed by atoms with Crippen molar-refractivity contribution in [2.45, 2.75) is 6.92 Å². The summed E-state index contributed by atoms with van der Waals surface area (Å²) >= 11 is 0. The molecule has 0 atom stereocenters. The Kier molecular flexibility index (Phi) is 2.28. The molecule has 3 rings (SSSR count). The van der Waals surface area contributed by atoms with E-state index in [1.165, 1.54) is 13.0 Å². The number of aromatic nitrogens is 2. The van der Waals surface area contributed by atoms with Gasteiger partial charge in [-0.05, 0) is 19.1 Å². The van der Waals surface area contributed by atoms with Gasteiger partial charge in [0.2, 0.25) is 0 Å². The predicted octanol–water partition coefficient (Wildman–Crippen LogP) is 1.78. The van der Waals surface area contributed by atoms with Crippen molar-refractivity contribution in [3.8, 4) is 11.3 Å². The Morgan fingerprint density at radius 2 is 2.21 bits per heavy atom. The van der Waals surface area contributed by atoms with Gasteiger partial charge in [0, 0.05) is 5.56 Å². The Morgan fingerprint density at radius 1 is 1.42 bits per heavy atom. The molecule has 0 aliphatic carbocycles. The van der Waals surface area contributed by atoms with Crippen LogP contribution in [-0.4, -0.2) is 21.2 Å². The van der Waals surface area contributed by atoms with Crippen LogP contribution in [0.25, 0.3) is 22.4 Å². The quantitative estimate of drug-likeness (QED) is 0.726. The molecule has 7 nitrogen and oxygen atoms in total. The van der Waals surface area contributed by atoms with Gasteiger partial charge >= 0.3 is 11.7 Å². The minimum Gasteiger partial charge on any atom is -0.477 e. The molecule has 0 saturated carbocycles. The van der Waals surface area contributed by atoms with Gasteiger partial charge < -0.3 is 14.0 Å². The number of oxazole rings is 1. The van der Waals surface area contributed by atoms with E-state index in [0.29, 0.717) is 16.7 Å². The average molecular weight is 260 g/mol. The molecule has 0 saturated heterocycles. The highest BCUT2D eigenvalue weighted by atomic mass is 16.5. The maximum atomic E-state index is 11.2. The first-order chi connectivity index (χ1) is 9.06. The Balaban J connectivity index is 2.24. The van der Waals surface area contributed by atoms with Crippen LogP contribution in [0, 0.1) is 6.92 Å². The number of rotatable bonds is 2. The van der Waals surface area contributed by atoms with E-state index in [1.54, 1.807) is 12.1 Å². The lowest BCUT2D eigenvalue weighted by Crippen LogP contribution is -1.99. The van der Waals surface area contributed by atoms with Crippen molar-refractivity contribution >= 4 is 17.1 Å². The van der Waals surface area contributed by atoms with Crippen LogP contribution in [0.15, 0.2) is 31.9 Å². The maximum absolute atomic E-state index is 11.2. The van der Waals surface area contributed by atoms with E-state index in [0.717, 1.165) is 0 Å². The van der Waals surface area contributed by atoms with Crippen molar-refractivity contribution < 1.29 is 18.8 Å². The molecule has 0 amide bonds. The molecule has 0 bridgehead atoms. The van der Waals surface area contributed by atoms with E-state index in [4.69, 9.17) is 14.0 Å². The normalized spacial score (nSPS) is 11.0. The van der Waals surface area contributed by atoms with E-state index >= 15 is 0 Å². The number of fused-ring (bicyclic) bond motifs is 1. The number of benzene rings is 1. The molecule has 1 aromatic carbocycles. The molecule has 96 valence electrons. The third-order valence-corrected chi connectivity index (χ3v) is 2.77. The molecule has 2 heterocycles. The van der Waals surface area contributed by atoms with Gasteiger partial charge in [0.05, 0.1) is 5.52 Å². The molecule has 2 N–H and O–H groups in total. The fourth-order valence-corrected chi connectivity index (χ4v) is 1.91. The van der Waals surface area contributed by atoms with Crippen LogP contribution >= 0.6 is 0 Å². The minimum absolute atomic E-state index is 0.00256. The van der Waals surface area contributed by atoms with Crippen LogP contribution < -0.4 is 5.76 Å². The van der Waals surface area contributed by atoms with Crippen LogP contribution in [0.3, 0.4) is 0 Å². The number of carbonyl (C=O) groups is 1. The molecular formula is C12H8N2O5. The first kappa shape index (κ1) is 11.3. The minimum atomic E-state index is -1.12. The second kappa shape index (κ2) is 3.84. The Hall–Kier alpha value is -2.83. The number of carboxylic acid groups (broad SMARTS) is 1. The lowest BCUT2D eigenvalue weighted by molar-refractivity contribution is 0.0696. The lowest BCUT2D eigenvalue weighted by atomic mass is 10.1. The maximum Gasteiger partial charge on any atom is 0.417 e. The van der Waals surface area contributed by atoms with Crippen molar-refractivity contribution in [1.82, 2.24) is 10.1 Å². The summed E-state index contributed by atoms with van der Waals surface area (Å²) in [6, 6.07) is 4.79. The first-order valence-corrected chi connectivity index (χ1v) is 5.39. The first-order valence-electron chi connectivity index (χ1n) is 5.39. The number of carboxylic acids is 1. The molecule has 0 spiro atoms. The summed E-state index contributed by atoms with van der Waals surface area (Å²) in [5.41, 5.74) is 1.57. The van der Waals surface area contributed by atoms with Crippen LogP contribution in [0.5, 0.6) is 0 Å². The molecule has 0 radical (unpaired) electrons. The van der Waals surface area contributed by atoms with Gasteiger partial charge in [0.15, 0.2) is 5.58 Å². The van der Waals surface area contributed by atoms with Crippen LogP contribution in [0.1, 0.15) is 16.1 Å². The Bertz CT molecular complexity index is 839. The van der Waals surface area contributed by atoms with Gasteiger partial charge in [-0.1, -0.05) is 11.2 Å². The van der Waals surface area contributed by atoms with Gasteiger partial charge in [0.1, 0.15) is 17.0 Å². The van der Waals surface area contributed by atoms with Crippen LogP contribution in [-0.2, 0) is 0 Å². The van der Waals surface area contributed by atoms with Crippen molar-refractivity contribution in [2.75, 3.05) is 0 Å². The van der Waals surface area contributed by atoms with Crippen LogP contribution in [0.2, 0.25) is 0 Å². The summed E-state index contributed by atoms with van der Waals surface area (Å²) in [6.07, 6.45) is 0.